The number of hydrogen-bond acceptors (Lipinski definition) is 4. The van der Waals surface area contributed by atoms with Gasteiger partial charge < -0.3 is 19.7 Å². The number of furan rings is 1. The lowest BCUT2D eigenvalue weighted by Crippen LogP contribution is -2.30. The first-order valence-corrected chi connectivity index (χ1v) is 10.4. The lowest BCUT2D eigenvalue weighted by atomic mass is 10.0. The van der Waals surface area contributed by atoms with Crippen molar-refractivity contribution in [2.75, 3.05) is 6.54 Å². The number of aromatic carboxylic acids is 1. The first kappa shape index (κ1) is 20.4. The zero-order valence-corrected chi connectivity index (χ0v) is 17.8. The van der Waals surface area contributed by atoms with Crippen LogP contribution in [0.2, 0.25) is 5.02 Å². The SMILES string of the molecule is CCCN1C(=S)N[C@@H](c2ccccn2)[C@@H]1c1ccc(-c2cc(C(=O)O)ccc2Cl)o1. The summed E-state index contributed by atoms with van der Waals surface area (Å²) in [7, 11) is 0. The number of carboxylic acid groups (broad SMARTS) is 1. The van der Waals surface area contributed by atoms with Gasteiger partial charge in [0.15, 0.2) is 5.11 Å². The molecule has 0 radical (unpaired) electrons. The molecule has 0 aliphatic carbocycles. The van der Waals surface area contributed by atoms with Crippen molar-refractivity contribution >= 4 is 34.9 Å². The number of carboxylic acids is 1. The topological polar surface area (TPSA) is 78.6 Å². The molecular weight excluding hydrogens is 422 g/mol. The van der Waals surface area contributed by atoms with Gasteiger partial charge in [0, 0.05) is 18.3 Å². The van der Waals surface area contributed by atoms with E-state index in [-0.39, 0.29) is 17.6 Å². The van der Waals surface area contributed by atoms with Crippen molar-refractivity contribution in [3.05, 3.63) is 76.8 Å². The van der Waals surface area contributed by atoms with Crippen molar-refractivity contribution in [3.8, 4) is 11.3 Å². The number of pyridine rings is 1. The molecule has 0 unspecified atom stereocenters. The summed E-state index contributed by atoms with van der Waals surface area (Å²) in [5.74, 6) is 0.194. The maximum Gasteiger partial charge on any atom is 0.335 e. The van der Waals surface area contributed by atoms with Gasteiger partial charge in [0.25, 0.3) is 0 Å². The number of rotatable bonds is 6. The third kappa shape index (κ3) is 3.78. The van der Waals surface area contributed by atoms with Crippen LogP contribution in [-0.4, -0.2) is 32.6 Å². The van der Waals surface area contributed by atoms with Crippen molar-refractivity contribution in [2.45, 2.75) is 25.4 Å². The van der Waals surface area contributed by atoms with Gasteiger partial charge >= 0.3 is 5.97 Å². The van der Waals surface area contributed by atoms with Crippen LogP contribution in [0.3, 0.4) is 0 Å². The smallest absolute Gasteiger partial charge is 0.335 e. The Morgan fingerprint density at radius 2 is 2.13 bits per heavy atom. The van der Waals surface area contributed by atoms with E-state index in [1.807, 2.05) is 30.3 Å². The first-order chi connectivity index (χ1) is 14.5. The maximum absolute atomic E-state index is 11.4. The number of nitrogens with one attached hydrogen (secondary N) is 1. The zero-order valence-electron chi connectivity index (χ0n) is 16.2. The standard InChI is InChI=1S/C22H20ClN3O3S/c1-2-11-26-20(19(25-22(26)30)16-5-3-4-10-24-16)18-9-8-17(29-18)14-12-13(21(27)28)6-7-15(14)23/h3-10,12,19-20H,2,11H2,1H3,(H,25,30)(H,27,28)/t19-,20-/m0/s1. The Hall–Kier alpha value is -2.90. The Labute approximate surface area is 184 Å². The average Bonchev–Trinajstić information content (AvgIpc) is 3.34. The second-order valence-corrected chi connectivity index (χ2v) is 7.82. The largest absolute Gasteiger partial charge is 0.478 e. The highest BCUT2D eigenvalue weighted by molar-refractivity contribution is 7.80. The molecule has 6 nitrogen and oxygen atoms in total. The monoisotopic (exact) mass is 441 g/mol. The van der Waals surface area contributed by atoms with Gasteiger partial charge in [0.2, 0.25) is 0 Å². The molecule has 30 heavy (non-hydrogen) atoms. The molecule has 0 amide bonds. The van der Waals surface area contributed by atoms with Gasteiger partial charge in [-0.25, -0.2) is 4.79 Å². The third-order valence-corrected chi connectivity index (χ3v) is 5.74. The summed E-state index contributed by atoms with van der Waals surface area (Å²) in [4.78, 5) is 18.0. The number of thiocarbonyl (C=S) groups is 1. The summed E-state index contributed by atoms with van der Waals surface area (Å²) < 4.78 is 6.20. The van der Waals surface area contributed by atoms with Crippen LogP contribution in [0.25, 0.3) is 11.3 Å². The van der Waals surface area contributed by atoms with Crippen LogP contribution in [0.15, 0.2) is 59.1 Å². The van der Waals surface area contributed by atoms with Crippen molar-refractivity contribution in [1.82, 2.24) is 15.2 Å². The summed E-state index contributed by atoms with van der Waals surface area (Å²) in [5, 5.41) is 13.7. The maximum atomic E-state index is 11.4. The molecule has 1 aliphatic rings. The van der Waals surface area contributed by atoms with Gasteiger partial charge in [-0.1, -0.05) is 24.6 Å². The molecule has 2 N–H and O–H groups in total. The zero-order chi connectivity index (χ0) is 21.3. The molecule has 0 bridgehead atoms. The Bertz CT molecular complexity index is 1090. The van der Waals surface area contributed by atoms with Gasteiger partial charge in [-0.05, 0) is 61.1 Å². The number of nitrogens with zero attached hydrogens (tertiary/aromatic N) is 2. The van der Waals surface area contributed by atoms with Crippen LogP contribution in [-0.2, 0) is 0 Å². The number of hydrogen-bond donors (Lipinski definition) is 2. The Morgan fingerprint density at radius 3 is 2.83 bits per heavy atom. The molecule has 2 aromatic heterocycles. The van der Waals surface area contributed by atoms with E-state index < -0.39 is 5.97 Å². The molecule has 8 heteroatoms. The fourth-order valence-corrected chi connectivity index (χ4v) is 4.24. The van der Waals surface area contributed by atoms with Gasteiger partial charge in [0.05, 0.1) is 22.3 Å². The van der Waals surface area contributed by atoms with Crippen LogP contribution in [0.5, 0.6) is 0 Å². The lowest BCUT2D eigenvalue weighted by molar-refractivity contribution is 0.0697. The van der Waals surface area contributed by atoms with Crippen LogP contribution in [0.4, 0.5) is 0 Å². The first-order valence-electron chi connectivity index (χ1n) is 9.60. The highest BCUT2D eigenvalue weighted by Gasteiger charge is 2.41. The minimum absolute atomic E-state index is 0.148. The quantitative estimate of drug-likeness (QED) is 0.516. The van der Waals surface area contributed by atoms with Crippen LogP contribution in [0, 0.1) is 0 Å². The van der Waals surface area contributed by atoms with Crippen molar-refractivity contribution < 1.29 is 14.3 Å². The fraction of sp³-hybridized carbons (Fsp3) is 0.227. The van der Waals surface area contributed by atoms with E-state index in [2.05, 4.69) is 22.1 Å². The molecule has 1 saturated heterocycles. The number of halogens is 1. The lowest BCUT2D eigenvalue weighted by Gasteiger charge is -2.25. The molecule has 0 saturated carbocycles. The molecular formula is C22H20ClN3O3S. The van der Waals surface area contributed by atoms with E-state index >= 15 is 0 Å². The molecule has 3 aromatic rings. The van der Waals surface area contributed by atoms with E-state index in [9.17, 15) is 9.90 Å². The molecule has 2 atom stereocenters. The summed E-state index contributed by atoms with van der Waals surface area (Å²) in [6, 6.07) is 13.7. The van der Waals surface area contributed by atoms with Gasteiger partial charge in [0.1, 0.15) is 17.6 Å². The fourth-order valence-electron chi connectivity index (χ4n) is 3.70. The van der Waals surface area contributed by atoms with Crippen molar-refractivity contribution in [2.24, 2.45) is 0 Å². The highest BCUT2D eigenvalue weighted by Crippen LogP contribution is 2.41. The van der Waals surface area contributed by atoms with E-state index in [0.717, 1.165) is 18.7 Å². The number of carbonyl (C=O) groups is 1. The highest BCUT2D eigenvalue weighted by atomic mass is 35.5. The molecule has 4 rings (SSSR count). The predicted molar refractivity (Wildman–Crippen MR) is 119 cm³/mol. The van der Waals surface area contributed by atoms with Gasteiger partial charge in [-0.15, -0.1) is 0 Å². The van der Waals surface area contributed by atoms with Crippen LogP contribution < -0.4 is 5.32 Å². The normalized spacial score (nSPS) is 18.5. The summed E-state index contributed by atoms with van der Waals surface area (Å²) in [5.41, 5.74) is 1.55. The van der Waals surface area contributed by atoms with Gasteiger partial charge in [-0.3, -0.25) is 4.98 Å². The summed E-state index contributed by atoms with van der Waals surface area (Å²) in [6.45, 7) is 2.86. The summed E-state index contributed by atoms with van der Waals surface area (Å²) >= 11 is 11.9. The summed E-state index contributed by atoms with van der Waals surface area (Å²) in [6.07, 6.45) is 2.68. The predicted octanol–water partition coefficient (Wildman–Crippen LogP) is 5.08. The average molecular weight is 442 g/mol. The van der Waals surface area contributed by atoms with Gasteiger partial charge in [-0.2, -0.15) is 0 Å². The molecule has 1 aliphatic heterocycles. The van der Waals surface area contributed by atoms with Crippen molar-refractivity contribution in [3.63, 3.8) is 0 Å². The van der Waals surface area contributed by atoms with Crippen LogP contribution >= 0.6 is 23.8 Å². The Kier molecular flexibility index (Phi) is 5.74. The second kappa shape index (κ2) is 8.45. The van der Waals surface area contributed by atoms with E-state index in [0.29, 0.717) is 27.2 Å². The third-order valence-electron chi connectivity index (χ3n) is 5.06. The molecule has 3 heterocycles. The number of benzene rings is 1. The Morgan fingerprint density at radius 1 is 1.30 bits per heavy atom. The van der Waals surface area contributed by atoms with Crippen molar-refractivity contribution in [1.29, 1.82) is 0 Å². The molecule has 1 aromatic carbocycles. The van der Waals surface area contributed by atoms with Crippen LogP contribution in [0.1, 0.15) is 47.2 Å². The van der Waals surface area contributed by atoms with E-state index in [1.54, 1.807) is 12.3 Å². The Balaban J connectivity index is 1.75. The number of aromatic nitrogens is 1. The molecule has 154 valence electrons. The second-order valence-electron chi connectivity index (χ2n) is 7.02. The minimum atomic E-state index is -1.02. The van der Waals surface area contributed by atoms with E-state index in [4.69, 9.17) is 28.2 Å². The van der Waals surface area contributed by atoms with E-state index in [1.165, 1.54) is 12.1 Å². The molecule has 1 fully saturated rings. The minimum Gasteiger partial charge on any atom is -0.478 e. The molecule has 0 spiro atoms.